The van der Waals surface area contributed by atoms with Crippen LogP contribution in [0.2, 0.25) is 0 Å². The Morgan fingerprint density at radius 1 is 0.435 bits per heavy atom. The van der Waals surface area contributed by atoms with Gasteiger partial charge in [-0.1, -0.05) is 286 Å². The van der Waals surface area contributed by atoms with Crippen molar-refractivity contribution in [1.29, 1.82) is 0 Å². The van der Waals surface area contributed by atoms with E-state index in [2.05, 4.69) is 92.9 Å². The molecular weight excluding hydrogens is 851 g/mol. The molecule has 0 saturated carbocycles. The molecule has 3 unspecified atom stereocenters. The summed E-state index contributed by atoms with van der Waals surface area (Å²) in [5.74, 6) is -0.563. The van der Waals surface area contributed by atoms with Crippen LogP contribution in [0.5, 0.6) is 0 Å². The number of hydrogen-bond donors (Lipinski definition) is 3. The van der Waals surface area contributed by atoms with Crippen LogP contribution in [-0.2, 0) is 14.3 Å². The van der Waals surface area contributed by atoms with Crippen LogP contribution in [0.3, 0.4) is 0 Å². The molecule has 6 nitrogen and oxygen atoms in total. The van der Waals surface area contributed by atoms with E-state index in [1.807, 2.05) is 6.08 Å². The third kappa shape index (κ3) is 51.5. The first kappa shape index (κ1) is 66.3. The number of unbranched alkanes of at least 4 members (excludes halogenated alkanes) is 29. The van der Waals surface area contributed by atoms with Crippen LogP contribution in [0.15, 0.2) is 72.9 Å². The molecule has 0 aliphatic heterocycles. The first-order valence-corrected chi connectivity index (χ1v) is 29.7. The van der Waals surface area contributed by atoms with Gasteiger partial charge in [-0.05, 0) is 64.2 Å². The summed E-state index contributed by atoms with van der Waals surface area (Å²) in [5, 5.41) is 23.9. The van der Waals surface area contributed by atoms with Crippen LogP contribution in [0.4, 0.5) is 0 Å². The summed E-state index contributed by atoms with van der Waals surface area (Å²) in [6.45, 7) is 6.39. The number of esters is 1. The van der Waals surface area contributed by atoms with Gasteiger partial charge < -0.3 is 20.3 Å². The minimum atomic E-state index is -0.802. The second kappa shape index (κ2) is 56.2. The number of rotatable bonds is 53. The maximum Gasteiger partial charge on any atom is 0.306 e. The van der Waals surface area contributed by atoms with Gasteiger partial charge in [0.25, 0.3) is 0 Å². The molecule has 3 atom stereocenters. The molecule has 1 amide bonds. The Labute approximate surface area is 428 Å². The van der Waals surface area contributed by atoms with E-state index in [0.717, 1.165) is 77.0 Å². The highest BCUT2D eigenvalue weighted by Crippen LogP contribution is 2.18. The highest BCUT2D eigenvalue weighted by molar-refractivity contribution is 5.77. The van der Waals surface area contributed by atoms with Gasteiger partial charge >= 0.3 is 5.97 Å². The molecule has 6 heteroatoms. The fourth-order valence-electron chi connectivity index (χ4n) is 8.87. The Hall–Kier alpha value is -2.70. The van der Waals surface area contributed by atoms with Gasteiger partial charge in [-0.2, -0.15) is 0 Å². The molecule has 0 aromatic heterocycles. The Bertz CT molecular complexity index is 1270. The van der Waals surface area contributed by atoms with Gasteiger partial charge in [0.1, 0.15) is 6.10 Å². The second-order valence-electron chi connectivity index (χ2n) is 20.0. The van der Waals surface area contributed by atoms with E-state index in [1.54, 1.807) is 0 Å². The normalized spacial score (nSPS) is 13.6. The molecule has 0 saturated heterocycles. The average Bonchev–Trinajstić information content (AvgIpc) is 3.34. The third-order valence-electron chi connectivity index (χ3n) is 13.3. The van der Waals surface area contributed by atoms with Crippen molar-refractivity contribution in [3.05, 3.63) is 72.9 Å². The SMILES string of the molecule is CC/C=C\C/C=C\C/C=C\C/C=C\C/C=C\C/C=C\CCC(=O)OC(CCCCCCCCCCCCCCCCCCC)CC(=O)NC(CO)C(O)CCCCCCCCCCCCCCCC. The number of hydrogen-bond acceptors (Lipinski definition) is 5. The van der Waals surface area contributed by atoms with Crippen LogP contribution in [-0.4, -0.2) is 46.9 Å². The smallest absolute Gasteiger partial charge is 0.306 e. The van der Waals surface area contributed by atoms with Gasteiger partial charge in [0.15, 0.2) is 0 Å². The van der Waals surface area contributed by atoms with E-state index >= 15 is 0 Å². The van der Waals surface area contributed by atoms with E-state index in [-0.39, 0.29) is 31.3 Å². The molecule has 0 bridgehead atoms. The van der Waals surface area contributed by atoms with Crippen LogP contribution < -0.4 is 5.32 Å². The number of ether oxygens (including phenoxy) is 1. The largest absolute Gasteiger partial charge is 0.462 e. The summed E-state index contributed by atoms with van der Waals surface area (Å²) in [6.07, 6.45) is 72.6. The number of nitrogens with one attached hydrogen (secondary N) is 1. The standard InChI is InChI=1S/C63H113NO5/c1-4-7-10-13-16-19-22-25-28-30-31-33-35-38-41-44-47-50-53-56-63(68)69-59(54-51-48-45-42-39-36-34-32-29-26-23-20-17-14-11-8-5-2)57-62(67)64-60(58-65)61(66)55-52-49-46-43-40-37-27-24-21-18-15-12-9-6-3/h7,10,16,19,25,28,31,33,38,41,47,50,59-61,65-66H,4-6,8-9,11-15,17-18,20-24,26-27,29-30,32,34-37,39-40,42-46,48-49,51-58H2,1-3H3,(H,64,67)/b10-7-,19-16-,28-25-,33-31-,41-38-,50-47-. The first-order valence-electron chi connectivity index (χ1n) is 29.7. The molecule has 0 rings (SSSR count). The number of carbonyl (C=O) groups is 2. The van der Waals surface area contributed by atoms with Crippen molar-refractivity contribution in [3.8, 4) is 0 Å². The van der Waals surface area contributed by atoms with Gasteiger partial charge in [-0.3, -0.25) is 9.59 Å². The number of aliphatic hydroxyl groups excluding tert-OH is 2. The second-order valence-corrected chi connectivity index (χ2v) is 20.0. The van der Waals surface area contributed by atoms with Crippen LogP contribution >= 0.6 is 0 Å². The van der Waals surface area contributed by atoms with E-state index in [0.29, 0.717) is 19.3 Å². The summed E-state index contributed by atoms with van der Waals surface area (Å²) >= 11 is 0. The van der Waals surface area contributed by atoms with E-state index in [1.165, 1.54) is 161 Å². The molecule has 0 spiro atoms. The molecule has 3 N–H and O–H groups in total. The van der Waals surface area contributed by atoms with Gasteiger partial charge in [0.05, 0.1) is 25.2 Å². The number of allylic oxidation sites excluding steroid dienone is 12. The predicted octanol–water partition coefficient (Wildman–Crippen LogP) is 18.5. The van der Waals surface area contributed by atoms with Crippen molar-refractivity contribution in [2.75, 3.05) is 6.61 Å². The third-order valence-corrected chi connectivity index (χ3v) is 13.3. The summed E-state index contributed by atoms with van der Waals surface area (Å²) in [7, 11) is 0. The van der Waals surface area contributed by atoms with Crippen LogP contribution in [0.1, 0.15) is 290 Å². The fraction of sp³-hybridized carbons (Fsp3) is 0.778. The summed E-state index contributed by atoms with van der Waals surface area (Å²) in [5.41, 5.74) is 0. The molecule has 400 valence electrons. The molecule has 0 aliphatic carbocycles. The predicted molar refractivity (Wildman–Crippen MR) is 301 cm³/mol. The topological polar surface area (TPSA) is 95.9 Å². The molecule has 0 aliphatic rings. The minimum Gasteiger partial charge on any atom is -0.462 e. The molecule has 0 aromatic rings. The number of aliphatic hydroxyl groups is 2. The number of carbonyl (C=O) groups excluding carboxylic acids is 2. The summed E-state index contributed by atoms with van der Waals surface area (Å²) in [4.78, 5) is 26.3. The lowest BCUT2D eigenvalue weighted by molar-refractivity contribution is -0.150. The molecule has 0 aromatic carbocycles. The number of amides is 1. The van der Waals surface area contributed by atoms with Crippen molar-refractivity contribution < 1.29 is 24.5 Å². The Morgan fingerprint density at radius 3 is 1.10 bits per heavy atom. The zero-order chi connectivity index (χ0) is 50.2. The van der Waals surface area contributed by atoms with Crippen LogP contribution in [0.25, 0.3) is 0 Å². The molecule has 0 heterocycles. The monoisotopic (exact) mass is 964 g/mol. The average molecular weight is 965 g/mol. The van der Waals surface area contributed by atoms with Gasteiger partial charge in [-0.15, -0.1) is 0 Å². The van der Waals surface area contributed by atoms with E-state index in [9.17, 15) is 19.8 Å². The fourth-order valence-corrected chi connectivity index (χ4v) is 8.87. The van der Waals surface area contributed by atoms with E-state index < -0.39 is 18.2 Å². The first-order chi connectivity index (χ1) is 34.0. The molecule has 69 heavy (non-hydrogen) atoms. The highest BCUT2D eigenvalue weighted by Gasteiger charge is 2.24. The molecular formula is C63H113NO5. The maximum atomic E-state index is 13.3. The zero-order valence-electron chi connectivity index (χ0n) is 45.7. The minimum absolute atomic E-state index is 0.0482. The summed E-state index contributed by atoms with van der Waals surface area (Å²) in [6, 6.07) is -0.718. The maximum absolute atomic E-state index is 13.3. The highest BCUT2D eigenvalue weighted by atomic mass is 16.5. The van der Waals surface area contributed by atoms with Gasteiger partial charge in [-0.25, -0.2) is 0 Å². The lowest BCUT2D eigenvalue weighted by Crippen LogP contribution is -2.46. The van der Waals surface area contributed by atoms with Crippen molar-refractivity contribution in [2.24, 2.45) is 0 Å². The van der Waals surface area contributed by atoms with Gasteiger partial charge in [0.2, 0.25) is 5.91 Å². The van der Waals surface area contributed by atoms with Crippen molar-refractivity contribution in [2.45, 2.75) is 309 Å². The van der Waals surface area contributed by atoms with Crippen molar-refractivity contribution >= 4 is 11.9 Å². The molecule has 0 radical (unpaired) electrons. The Kier molecular flexibility index (Phi) is 54.0. The lowest BCUT2D eigenvalue weighted by Gasteiger charge is -2.24. The van der Waals surface area contributed by atoms with Crippen LogP contribution in [0, 0.1) is 0 Å². The van der Waals surface area contributed by atoms with Crippen molar-refractivity contribution in [1.82, 2.24) is 5.32 Å². The van der Waals surface area contributed by atoms with Gasteiger partial charge in [0, 0.05) is 6.42 Å². The quantitative estimate of drug-likeness (QED) is 0.0321. The Balaban J connectivity index is 4.66. The zero-order valence-corrected chi connectivity index (χ0v) is 45.7. The Morgan fingerprint density at radius 2 is 0.754 bits per heavy atom. The molecule has 0 fully saturated rings. The van der Waals surface area contributed by atoms with E-state index in [4.69, 9.17) is 4.74 Å². The summed E-state index contributed by atoms with van der Waals surface area (Å²) < 4.78 is 5.93. The van der Waals surface area contributed by atoms with Crippen molar-refractivity contribution in [3.63, 3.8) is 0 Å². The lowest BCUT2D eigenvalue weighted by atomic mass is 10.0.